The Morgan fingerprint density at radius 2 is 1.82 bits per heavy atom. The van der Waals surface area contributed by atoms with Crippen LogP contribution in [0.2, 0.25) is 0 Å². The maximum Gasteiger partial charge on any atom is 0.196 e. The number of hydrogen-bond donors (Lipinski definition) is 2. The number of guanidine groups is 1. The van der Waals surface area contributed by atoms with Crippen molar-refractivity contribution in [2.45, 2.75) is 13.5 Å². The lowest BCUT2D eigenvalue weighted by Gasteiger charge is -2.13. The van der Waals surface area contributed by atoms with Gasteiger partial charge in [0.15, 0.2) is 23.2 Å². The first-order valence-electron chi connectivity index (χ1n) is 9.02. The SMILES string of the molecule is CCNC(=NCc1cc(-c2ccccc2)on1)Nc1ccc(OC)c(OC)c1. The Balaban J connectivity index is 1.72. The molecule has 7 nitrogen and oxygen atoms in total. The molecule has 0 saturated carbocycles. The van der Waals surface area contributed by atoms with Crippen LogP contribution in [-0.4, -0.2) is 31.9 Å². The van der Waals surface area contributed by atoms with Gasteiger partial charge in [-0.05, 0) is 19.1 Å². The monoisotopic (exact) mass is 380 g/mol. The van der Waals surface area contributed by atoms with Crippen LogP contribution in [0.5, 0.6) is 11.5 Å². The predicted molar refractivity (Wildman–Crippen MR) is 110 cm³/mol. The number of aromatic nitrogens is 1. The summed E-state index contributed by atoms with van der Waals surface area (Å²) in [7, 11) is 3.22. The number of rotatable bonds is 7. The summed E-state index contributed by atoms with van der Waals surface area (Å²) in [5.41, 5.74) is 2.58. The molecule has 0 amide bonds. The molecule has 0 fully saturated rings. The molecule has 2 aromatic carbocycles. The number of methoxy groups -OCH3 is 2. The van der Waals surface area contributed by atoms with Crippen molar-refractivity contribution in [2.75, 3.05) is 26.1 Å². The molecule has 0 unspecified atom stereocenters. The third-order valence-electron chi connectivity index (χ3n) is 4.01. The maximum absolute atomic E-state index is 5.43. The van der Waals surface area contributed by atoms with Crippen molar-refractivity contribution in [1.82, 2.24) is 10.5 Å². The summed E-state index contributed by atoms with van der Waals surface area (Å²) in [5.74, 6) is 2.68. The summed E-state index contributed by atoms with van der Waals surface area (Å²) in [6.45, 7) is 3.13. The van der Waals surface area contributed by atoms with Crippen LogP contribution in [0.15, 0.2) is 64.1 Å². The molecule has 7 heteroatoms. The first-order chi connectivity index (χ1) is 13.7. The van der Waals surface area contributed by atoms with Gasteiger partial charge in [0.2, 0.25) is 0 Å². The lowest BCUT2D eigenvalue weighted by Crippen LogP contribution is -2.30. The van der Waals surface area contributed by atoms with Crippen LogP contribution >= 0.6 is 0 Å². The van der Waals surface area contributed by atoms with E-state index >= 15 is 0 Å². The van der Waals surface area contributed by atoms with Crippen molar-refractivity contribution in [1.29, 1.82) is 0 Å². The van der Waals surface area contributed by atoms with Crippen molar-refractivity contribution in [2.24, 2.45) is 4.99 Å². The lowest BCUT2D eigenvalue weighted by molar-refractivity contribution is 0.355. The van der Waals surface area contributed by atoms with Gasteiger partial charge >= 0.3 is 0 Å². The van der Waals surface area contributed by atoms with Crippen molar-refractivity contribution in [3.05, 3.63) is 60.3 Å². The molecule has 0 aliphatic rings. The Hall–Kier alpha value is -3.48. The second-order valence-corrected chi connectivity index (χ2v) is 5.94. The largest absolute Gasteiger partial charge is 0.493 e. The van der Waals surface area contributed by atoms with E-state index in [4.69, 9.17) is 14.0 Å². The van der Waals surface area contributed by atoms with E-state index in [1.807, 2.05) is 61.5 Å². The summed E-state index contributed by atoms with van der Waals surface area (Å²) in [6.07, 6.45) is 0. The molecule has 0 atom stereocenters. The highest BCUT2D eigenvalue weighted by Gasteiger charge is 2.08. The predicted octanol–water partition coefficient (Wildman–Crippen LogP) is 3.94. The minimum absolute atomic E-state index is 0.388. The molecule has 0 saturated heterocycles. The van der Waals surface area contributed by atoms with Gasteiger partial charge in [-0.25, -0.2) is 4.99 Å². The molecular weight excluding hydrogens is 356 g/mol. The van der Waals surface area contributed by atoms with Gasteiger partial charge in [0.1, 0.15) is 5.69 Å². The molecule has 0 aliphatic carbocycles. The number of anilines is 1. The molecule has 0 spiro atoms. The van der Waals surface area contributed by atoms with Gasteiger partial charge in [-0.3, -0.25) is 0 Å². The van der Waals surface area contributed by atoms with Crippen molar-refractivity contribution in [3.8, 4) is 22.8 Å². The van der Waals surface area contributed by atoms with Crippen LogP contribution < -0.4 is 20.1 Å². The number of nitrogens with one attached hydrogen (secondary N) is 2. The quantitative estimate of drug-likeness (QED) is 0.477. The second kappa shape index (κ2) is 9.45. The standard InChI is InChI=1S/C21H24N4O3/c1-4-22-21(24-16-10-11-18(26-2)20(12-16)27-3)23-14-17-13-19(28-25-17)15-8-6-5-7-9-15/h5-13H,4,14H2,1-3H3,(H2,22,23,24). The average Bonchev–Trinajstić information content (AvgIpc) is 3.22. The molecule has 0 radical (unpaired) electrons. The number of ether oxygens (including phenoxy) is 2. The van der Waals surface area contributed by atoms with E-state index in [-0.39, 0.29) is 0 Å². The Bertz CT molecular complexity index is 922. The Kier molecular flexibility index (Phi) is 6.51. The van der Waals surface area contributed by atoms with Gasteiger partial charge in [0.05, 0.1) is 20.8 Å². The summed E-state index contributed by atoms with van der Waals surface area (Å²) >= 11 is 0. The number of benzene rings is 2. The first-order valence-corrected chi connectivity index (χ1v) is 9.02. The van der Waals surface area contributed by atoms with E-state index < -0.39 is 0 Å². The first kappa shape index (κ1) is 19.3. The van der Waals surface area contributed by atoms with Crippen LogP contribution in [0.25, 0.3) is 11.3 Å². The van der Waals surface area contributed by atoms with Gasteiger partial charge in [0.25, 0.3) is 0 Å². The number of hydrogen-bond acceptors (Lipinski definition) is 5. The molecule has 3 rings (SSSR count). The van der Waals surface area contributed by atoms with Gasteiger partial charge in [-0.1, -0.05) is 35.5 Å². The van der Waals surface area contributed by atoms with E-state index in [1.54, 1.807) is 14.2 Å². The normalized spacial score (nSPS) is 11.2. The highest BCUT2D eigenvalue weighted by atomic mass is 16.5. The molecule has 1 aromatic heterocycles. The number of nitrogens with zero attached hydrogens (tertiary/aromatic N) is 2. The van der Waals surface area contributed by atoms with Gasteiger partial charge < -0.3 is 24.6 Å². The summed E-state index contributed by atoms with van der Waals surface area (Å²) < 4.78 is 16.0. The zero-order valence-corrected chi connectivity index (χ0v) is 16.2. The minimum atomic E-state index is 0.388. The van der Waals surface area contributed by atoms with E-state index in [0.717, 1.165) is 29.2 Å². The molecule has 0 bridgehead atoms. The molecule has 2 N–H and O–H groups in total. The highest BCUT2D eigenvalue weighted by Crippen LogP contribution is 2.29. The molecule has 28 heavy (non-hydrogen) atoms. The Morgan fingerprint density at radius 1 is 1.04 bits per heavy atom. The highest BCUT2D eigenvalue weighted by molar-refractivity contribution is 5.93. The van der Waals surface area contributed by atoms with Crippen molar-refractivity contribution < 1.29 is 14.0 Å². The maximum atomic E-state index is 5.43. The van der Waals surface area contributed by atoms with Gasteiger partial charge in [-0.2, -0.15) is 0 Å². The van der Waals surface area contributed by atoms with E-state index in [0.29, 0.717) is 24.0 Å². The average molecular weight is 380 g/mol. The fraction of sp³-hybridized carbons (Fsp3) is 0.238. The van der Waals surface area contributed by atoms with Crippen molar-refractivity contribution >= 4 is 11.6 Å². The summed E-state index contributed by atoms with van der Waals surface area (Å²) in [4.78, 5) is 4.58. The molecule has 146 valence electrons. The fourth-order valence-corrected chi connectivity index (χ4v) is 2.64. The third kappa shape index (κ3) is 4.82. The minimum Gasteiger partial charge on any atom is -0.493 e. The Labute approximate surface area is 164 Å². The summed E-state index contributed by atoms with van der Waals surface area (Å²) in [6, 6.07) is 17.4. The van der Waals surface area contributed by atoms with Crippen LogP contribution in [-0.2, 0) is 6.54 Å². The lowest BCUT2D eigenvalue weighted by atomic mass is 10.2. The van der Waals surface area contributed by atoms with Crippen molar-refractivity contribution in [3.63, 3.8) is 0 Å². The fourth-order valence-electron chi connectivity index (χ4n) is 2.64. The van der Waals surface area contributed by atoms with Crippen LogP contribution in [0, 0.1) is 0 Å². The number of aliphatic imine (C=N–C) groups is 1. The second-order valence-electron chi connectivity index (χ2n) is 5.94. The smallest absolute Gasteiger partial charge is 0.196 e. The molecular formula is C21H24N4O3. The van der Waals surface area contributed by atoms with Crippen LogP contribution in [0.3, 0.4) is 0 Å². The van der Waals surface area contributed by atoms with Crippen LogP contribution in [0.4, 0.5) is 5.69 Å². The Morgan fingerprint density at radius 3 is 2.54 bits per heavy atom. The van der Waals surface area contributed by atoms with Gasteiger partial charge in [0, 0.05) is 29.9 Å². The molecule has 0 aliphatic heterocycles. The van der Waals surface area contributed by atoms with E-state index in [1.165, 1.54) is 0 Å². The summed E-state index contributed by atoms with van der Waals surface area (Å²) in [5, 5.41) is 10.6. The van der Waals surface area contributed by atoms with E-state index in [9.17, 15) is 0 Å². The van der Waals surface area contributed by atoms with E-state index in [2.05, 4.69) is 20.8 Å². The molecule has 1 heterocycles. The topological polar surface area (TPSA) is 80.9 Å². The third-order valence-corrected chi connectivity index (χ3v) is 4.01. The zero-order chi connectivity index (χ0) is 19.8. The zero-order valence-electron chi connectivity index (χ0n) is 16.2. The molecule has 3 aromatic rings. The van der Waals surface area contributed by atoms with Crippen LogP contribution in [0.1, 0.15) is 12.6 Å². The van der Waals surface area contributed by atoms with Gasteiger partial charge in [-0.15, -0.1) is 0 Å².